The number of nitrogens with zero attached hydrogens (tertiary/aromatic N) is 3. The first-order valence-corrected chi connectivity index (χ1v) is 4.52. The monoisotopic (exact) mass is 193 g/mol. The summed E-state index contributed by atoms with van der Waals surface area (Å²) in [4.78, 5) is 12.1. The average molecular weight is 193 g/mol. The smallest absolute Gasteiger partial charge is 0.195 e. The second kappa shape index (κ2) is 3.10. The molecule has 0 unspecified atom stereocenters. The third-order valence-electron chi connectivity index (χ3n) is 1.55. The molecule has 0 saturated heterocycles. The van der Waals surface area contributed by atoms with Crippen LogP contribution in [0.2, 0.25) is 0 Å². The van der Waals surface area contributed by atoms with Gasteiger partial charge in [-0.15, -0.1) is 0 Å². The van der Waals surface area contributed by atoms with Crippen molar-refractivity contribution in [3.63, 3.8) is 0 Å². The molecule has 5 heteroatoms. The molecule has 0 bridgehead atoms. The molecule has 0 radical (unpaired) electrons. The van der Waals surface area contributed by atoms with Gasteiger partial charge in [0, 0.05) is 12.4 Å². The fourth-order valence-corrected chi connectivity index (χ4v) is 1.68. The first kappa shape index (κ1) is 8.12. The van der Waals surface area contributed by atoms with E-state index in [-0.39, 0.29) is 5.06 Å². The van der Waals surface area contributed by atoms with E-state index >= 15 is 0 Å². The van der Waals surface area contributed by atoms with Crippen molar-refractivity contribution in [2.75, 3.05) is 0 Å². The lowest BCUT2D eigenvalue weighted by Crippen LogP contribution is -1.82. The molecular weight excluding hydrogens is 186 g/mol. The molecule has 2 rings (SSSR count). The molecule has 66 valence electrons. The summed E-state index contributed by atoms with van der Waals surface area (Å²) in [6, 6.07) is 0. The van der Waals surface area contributed by atoms with Crippen LogP contribution >= 0.6 is 11.3 Å². The normalized spacial score (nSPS) is 10.2. The summed E-state index contributed by atoms with van der Waals surface area (Å²) in [5, 5.41) is 10.2. The van der Waals surface area contributed by atoms with E-state index in [1.165, 1.54) is 11.3 Å². The van der Waals surface area contributed by atoms with Crippen molar-refractivity contribution in [3.8, 4) is 15.8 Å². The minimum atomic E-state index is 0.237. The van der Waals surface area contributed by atoms with Crippen LogP contribution in [0.4, 0.5) is 0 Å². The molecule has 2 aromatic heterocycles. The second-order valence-electron chi connectivity index (χ2n) is 2.50. The Kier molecular flexibility index (Phi) is 1.94. The number of aromatic hydroxyl groups is 1. The number of aryl methyl sites for hydroxylation is 1. The molecular formula is C8H7N3OS. The molecule has 0 aliphatic heterocycles. The van der Waals surface area contributed by atoms with Gasteiger partial charge in [-0.05, 0) is 6.92 Å². The summed E-state index contributed by atoms with van der Waals surface area (Å²) in [6.45, 7) is 1.76. The van der Waals surface area contributed by atoms with E-state index in [4.69, 9.17) is 0 Å². The predicted octanol–water partition coefficient (Wildman–Crippen LogP) is 1.61. The molecule has 13 heavy (non-hydrogen) atoms. The summed E-state index contributed by atoms with van der Waals surface area (Å²) in [6.07, 6.45) is 4.82. The van der Waals surface area contributed by atoms with Gasteiger partial charge in [0.05, 0.1) is 11.9 Å². The Labute approximate surface area is 78.9 Å². The highest BCUT2D eigenvalue weighted by molar-refractivity contribution is 7.16. The van der Waals surface area contributed by atoms with Crippen molar-refractivity contribution >= 4 is 11.3 Å². The van der Waals surface area contributed by atoms with Gasteiger partial charge in [0.25, 0.3) is 0 Å². The third-order valence-corrected chi connectivity index (χ3v) is 2.54. The Morgan fingerprint density at radius 1 is 1.38 bits per heavy atom. The van der Waals surface area contributed by atoms with Crippen molar-refractivity contribution in [1.29, 1.82) is 0 Å². The molecule has 0 atom stereocenters. The molecule has 0 saturated carbocycles. The third kappa shape index (κ3) is 1.50. The molecule has 2 aromatic rings. The van der Waals surface area contributed by atoms with Crippen LogP contribution in [0.5, 0.6) is 5.06 Å². The fourth-order valence-electron chi connectivity index (χ4n) is 0.907. The van der Waals surface area contributed by atoms with Gasteiger partial charge in [0.1, 0.15) is 10.7 Å². The number of rotatable bonds is 1. The predicted molar refractivity (Wildman–Crippen MR) is 49.5 cm³/mol. The highest BCUT2D eigenvalue weighted by atomic mass is 32.1. The van der Waals surface area contributed by atoms with Gasteiger partial charge >= 0.3 is 0 Å². The maximum atomic E-state index is 9.31. The second-order valence-corrected chi connectivity index (χ2v) is 3.48. The number of aromatic nitrogens is 3. The van der Waals surface area contributed by atoms with Crippen LogP contribution in [0, 0.1) is 6.92 Å². The lowest BCUT2D eigenvalue weighted by Gasteiger charge is -1.90. The van der Waals surface area contributed by atoms with Gasteiger partial charge < -0.3 is 5.11 Å². The molecule has 4 nitrogen and oxygen atoms in total. The summed E-state index contributed by atoms with van der Waals surface area (Å²) >= 11 is 1.21. The molecule has 0 amide bonds. The summed E-state index contributed by atoms with van der Waals surface area (Å²) in [7, 11) is 0. The molecule has 0 spiro atoms. The Morgan fingerprint density at radius 2 is 2.23 bits per heavy atom. The Hall–Kier alpha value is -1.49. The minimum absolute atomic E-state index is 0.237. The maximum Gasteiger partial charge on any atom is 0.195 e. The van der Waals surface area contributed by atoms with Gasteiger partial charge in [-0.25, -0.2) is 4.98 Å². The van der Waals surface area contributed by atoms with Crippen LogP contribution in [0.25, 0.3) is 10.7 Å². The van der Waals surface area contributed by atoms with Crippen LogP contribution < -0.4 is 0 Å². The maximum absolute atomic E-state index is 9.31. The van der Waals surface area contributed by atoms with Crippen LogP contribution in [0.15, 0.2) is 18.6 Å². The van der Waals surface area contributed by atoms with Gasteiger partial charge in [0.2, 0.25) is 0 Å². The van der Waals surface area contributed by atoms with Crippen LogP contribution in [-0.4, -0.2) is 20.1 Å². The standard InChI is InChI=1S/C8H7N3OS/c1-5-8(12)13-7(11-5)6-4-9-2-3-10-6/h2-4,12H,1H3. The van der Waals surface area contributed by atoms with Gasteiger partial charge in [-0.3, -0.25) is 9.97 Å². The highest BCUT2D eigenvalue weighted by Crippen LogP contribution is 2.30. The Balaban J connectivity index is 2.48. The van der Waals surface area contributed by atoms with Crippen LogP contribution in [0.1, 0.15) is 5.69 Å². The van der Waals surface area contributed by atoms with Crippen LogP contribution in [-0.2, 0) is 0 Å². The van der Waals surface area contributed by atoms with Gasteiger partial charge in [-0.1, -0.05) is 11.3 Å². The van der Waals surface area contributed by atoms with Crippen molar-refractivity contribution in [2.24, 2.45) is 0 Å². The van der Waals surface area contributed by atoms with E-state index in [0.717, 1.165) is 0 Å². The molecule has 0 fully saturated rings. The van der Waals surface area contributed by atoms with Crippen molar-refractivity contribution in [3.05, 3.63) is 24.3 Å². The Bertz CT molecular complexity index is 393. The SMILES string of the molecule is Cc1nc(-c2cnccn2)sc1O. The first-order valence-electron chi connectivity index (χ1n) is 3.70. The first-order chi connectivity index (χ1) is 6.27. The quantitative estimate of drug-likeness (QED) is 0.747. The molecule has 1 N–H and O–H groups in total. The van der Waals surface area contributed by atoms with E-state index < -0.39 is 0 Å². The Morgan fingerprint density at radius 3 is 2.77 bits per heavy atom. The topological polar surface area (TPSA) is 58.9 Å². The molecule has 0 aliphatic rings. The zero-order valence-electron chi connectivity index (χ0n) is 6.93. The minimum Gasteiger partial charge on any atom is -0.498 e. The van der Waals surface area contributed by atoms with Crippen molar-refractivity contribution in [2.45, 2.75) is 6.92 Å². The number of thiazole rings is 1. The number of hydrogen-bond donors (Lipinski definition) is 1. The summed E-state index contributed by atoms with van der Waals surface area (Å²) in [5.41, 5.74) is 1.32. The summed E-state index contributed by atoms with van der Waals surface area (Å²) < 4.78 is 0. The van der Waals surface area contributed by atoms with Gasteiger partial charge in [0.15, 0.2) is 5.06 Å². The fraction of sp³-hybridized carbons (Fsp3) is 0.125. The van der Waals surface area contributed by atoms with Crippen LogP contribution in [0.3, 0.4) is 0 Å². The zero-order valence-corrected chi connectivity index (χ0v) is 7.75. The summed E-state index contributed by atoms with van der Waals surface area (Å²) in [5.74, 6) is 0. The highest BCUT2D eigenvalue weighted by Gasteiger charge is 2.08. The van der Waals surface area contributed by atoms with Crippen molar-refractivity contribution < 1.29 is 5.11 Å². The van der Waals surface area contributed by atoms with E-state index in [1.54, 1.807) is 25.5 Å². The van der Waals surface area contributed by atoms with E-state index in [2.05, 4.69) is 15.0 Å². The van der Waals surface area contributed by atoms with E-state index in [9.17, 15) is 5.11 Å². The number of hydrogen-bond acceptors (Lipinski definition) is 5. The van der Waals surface area contributed by atoms with E-state index in [0.29, 0.717) is 16.4 Å². The van der Waals surface area contributed by atoms with Gasteiger partial charge in [-0.2, -0.15) is 0 Å². The lowest BCUT2D eigenvalue weighted by molar-refractivity contribution is 0.485. The molecule has 2 heterocycles. The lowest BCUT2D eigenvalue weighted by atomic mass is 10.4. The average Bonchev–Trinajstić information content (AvgIpc) is 2.49. The van der Waals surface area contributed by atoms with E-state index in [1.807, 2.05) is 0 Å². The molecule has 0 aliphatic carbocycles. The molecule has 0 aromatic carbocycles. The largest absolute Gasteiger partial charge is 0.498 e. The van der Waals surface area contributed by atoms with Crippen molar-refractivity contribution in [1.82, 2.24) is 15.0 Å². The zero-order chi connectivity index (χ0) is 9.26.